The van der Waals surface area contributed by atoms with Crippen LogP contribution in [0.3, 0.4) is 0 Å². The van der Waals surface area contributed by atoms with Crippen LogP contribution in [0, 0.1) is 0 Å². The van der Waals surface area contributed by atoms with E-state index in [9.17, 15) is 9.59 Å². The lowest BCUT2D eigenvalue weighted by Crippen LogP contribution is -2.56. The summed E-state index contributed by atoms with van der Waals surface area (Å²) >= 11 is 6.30. The summed E-state index contributed by atoms with van der Waals surface area (Å²) in [4.78, 5) is 25.0. The number of carboxylic acid groups (broad SMARTS) is 1. The Bertz CT molecular complexity index is 672. The van der Waals surface area contributed by atoms with E-state index < -0.39 is 5.97 Å². The van der Waals surface area contributed by atoms with Crippen LogP contribution in [0.25, 0.3) is 0 Å². The van der Waals surface area contributed by atoms with Crippen LogP contribution in [0.4, 0.5) is 4.79 Å². The zero-order valence-corrected chi connectivity index (χ0v) is 15.8. The van der Waals surface area contributed by atoms with E-state index in [0.29, 0.717) is 13.1 Å². The molecule has 2 fully saturated rings. The number of hydrogen-bond donors (Lipinski definition) is 3. The molecule has 6 nitrogen and oxygen atoms in total. The standard InChI is InChI=1S/C19H26ClN3O3/c1-2-23(11-17(24)25)14-9-13(10-14)22-18(26)21-12-19(7-8-19)15-5-3-4-6-16(15)20/h3-6,13-14H,2,7-12H2,1H3,(H,24,25)(H2,21,22,26). The molecule has 2 aliphatic rings. The highest BCUT2D eigenvalue weighted by Crippen LogP contribution is 2.49. The molecule has 26 heavy (non-hydrogen) atoms. The maximum atomic E-state index is 12.2. The van der Waals surface area contributed by atoms with Crippen molar-refractivity contribution in [3.05, 3.63) is 34.9 Å². The Morgan fingerprint density at radius 2 is 2.00 bits per heavy atom. The smallest absolute Gasteiger partial charge is 0.317 e. The van der Waals surface area contributed by atoms with E-state index in [0.717, 1.165) is 36.3 Å². The molecule has 0 aromatic heterocycles. The predicted octanol–water partition coefficient (Wildman–Crippen LogP) is 2.61. The van der Waals surface area contributed by atoms with E-state index in [1.807, 2.05) is 36.1 Å². The Kier molecular flexibility index (Phi) is 5.73. The van der Waals surface area contributed by atoms with E-state index in [4.69, 9.17) is 16.7 Å². The first-order valence-electron chi connectivity index (χ1n) is 9.19. The second kappa shape index (κ2) is 7.84. The van der Waals surface area contributed by atoms with Gasteiger partial charge in [-0.2, -0.15) is 0 Å². The lowest BCUT2D eigenvalue weighted by molar-refractivity contribution is -0.139. The molecule has 0 saturated heterocycles. The Hall–Kier alpha value is -1.79. The molecule has 7 heteroatoms. The van der Waals surface area contributed by atoms with Gasteiger partial charge in [-0.05, 0) is 43.9 Å². The number of benzene rings is 1. The SMILES string of the molecule is CCN(CC(=O)O)C1CC(NC(=O)NCC2(c3ccccc3Cl)CC2)C1. The number of likely N-dealkylation sites (N-methyl/N-ethyl adjacent to an activating group) is 1. The summed E-state index contributed by atoms with van der Waals surface area (Å²) in [5, 5.41) is 15.7. The Balaban J connectivity index is 1.42. The number of carbonyl (C=O) groups excluding carboxylic acids is 1. The molecule has 1 aromatic rings. The van der Waals surface area contributed by atoms with Crippen molar-refractivity contribution >= 4 is 23.6 Å². The fourth-order valence-electron chi connectivity index (χ4n) is 3.75. The summed E-state index contributed by atoms with van der Waals surface area (Å²) in [5.74, 6) is -0.810. The summed E-state index contributed by atoms with van der Waals surface area (Å²) in [7, 11) is 0. The molecule has 1 aromatic carbocycles. The minimum Gasteiger partial charge on any atom is -0.480 e. The minimum absolute atomic E-state index is 0.0294. The molecular weight excluding hydrogens is 354 g/mol. The minimum atomic E-state index is -0.810. The number of hydrogen-bond acceptors (Lipinski definition) is 3. The van der Waals surface area contributed by atoms with E-state index in [1.165, 1.54) is 0 Å². The topological polar surface area (TPSA) is 81.7 Å². The quantitative estimate of drug-likeness (QED) is 0.648. The van der Waals surface area contributed by atoms with Crippen LogP contribution in [-0.4, -0.2) is 53.7 Å². The molecule has 2 amide bonds. The van der Waals surface area contributed by atoms with Gasteiger partial charge in [0, 0.05) is 29.1 Å². The number of rotatable bonds is 8. The fraction of sp³-hybridized carbons (Fsp3) is 0.579. The molecular formula is C19H26ClN3O3. The lowest BCUT2D eigenvalue weighted by atomic mass is 9.85. The monoisotopic (exact) mass is 379 g/mol. The first-order valence-corrected chi connectivity index (χ1v) is 9.56. The number of urea groups is 1. The van der Waals surface area contributed by atoms with Crippen molar-refractivity contribution in [3.8, 4) is 0 Å². The van der Waals surface area contributed by atoms with Crippen molar-refractivity contribution in [1.82, 2.24) is 15.5 Å². The number of carboxylic acids is 1. The maximum absolute atomic E-state index is 12.2. The molecule has 2 aliphatic carbocycles. The number of carbonyl (C=O) groups is 2. The number of aliphatic carboxylic acids is 1. The van der Waals surface area contributed by atoms with Crippen LogP contribution in [0.1, 0.15) is 38.2 Å². The van der Waals surface area contributed by atoms with Gasteiger partial charge in [0.1, 0.15) is 0 Å². The average Bonchev–Trinajstić information content (AvgIpc) is 3.35. The molecule has 0 heterocycles. The van der Waals surface area contributed by atoms with Crippen molar-refractivity contribution in [2.75, 3.05) is 19.6 Å². The molecule has 3 rings (SSSR count). The van der Waals surface area contributed by atoms with Crippen molar-refractivity contribution in [1.29, 1.82) is 0 Å². The molecule has 142 valence electrons. The normalized spacial score (nSPS) is 23.2. The molecule has 0 bridgehead atoms. The average molecular weight is 380 g/mol. The third-order valence-electron chi connectivity index (χ3n) is 5.60. The third-order valence-corrected chi connectivity index (χ3v) is 5.93. The van der Waals surface area contributed by atoms with Gasteiger partial charge in [-0.15, -0.1) is 0 Å². The fourth-order valence-corrected chi connectivity index (χ4v) is 4.08. The maximum Gasteiger partial charge on any atom is 0.317 e. The first-order chi connectivity index (χ1) is 12.4. The van der Waals surface area contributed by atoms with E-state index in [2.05, 4.69) is 10.6 Å². The zero-order chi connectivity index (χ0) is 18.7. The summed E-state index contributed by atoms with van der Waals surface area (Å²) in [6, 6.07) is 8.01. The van der Waals surface area contributed by atoms with Gasteiger partial charge in [0.05, 0.1) is 6.54 Å². The Labute approximate surface area is 158 Å². The Morgan fingerprint density at radius 3 is 2.58 bits per heavy atom. The van der Waals surface area contributed by atoms with Crippen LogP contribution >= 0.6 is 11.6 Å². The van der Waals surface area contributed by atoms with Crippen molar-refractivity contribution < 1.29 is 14.7 Å². The largest absolute Gasteiger partial charge is 0.480 e. The molecule has 2 saturated carbocycles. The van der Waals surface area contributed by atoms with Gasteiger partial charge in [0.2, 0.25) is 0 Å². The van der Waals surface area contributed by atoms with Crippen LogP contribution in [0.15, 0.2) is 24.3 Å². The van der Waals surface area contributed by atoms with Gasteiger partial charge in [0.15, 0.2) is 0 Å². The number of nitrogens with one attached hydrogen (secondary N) is 2. The van der Waals surface area contributed by atoms with Gasteiger partial charge >= 0.3 is 12.0 Å². The second-order valence-corrected chi connectivity index (χ2v) is 7.77. The van der Waals surface area contributed by atoms with Crippen LogP contribution in [0.5, 0.6) is 0 Å². The van der Waals surface area contributed by atoms with E-state index in [-0.39, 0.29) is 30.1 Å². The van der Waals surface area contributed by atoms with Gasteiger partial charge in [-0.1, -0.05) is 36.7 Å². The first kappa shape index (κ1) is 19.0. The van der Waals surface area contributed by atoms with Gasteiger partial charge in [0.25, 0.3) is 0 Å². The number of nitrogens with zero attached hydrogens (tertiary/aromatic N) is 1. The van der Waals surface area contributed by atoms with Crippen LogP contribution in [-0.2, 0) is 10.2 Å². The van der Waals surface area contributed by atoms with Crippen molar-refractivity contribution in [2.24, 2.45) is 0 Å². The van der Waals surface area contributed by atoms with Gasteiger partial charge < -0.3 is 15.7 Å². The summed E-state index contributed by atoms with van der Waals surface area (Å²) in [6.07, 6.45) is 3.65. The summed E-state index contributed by atoms with van der Waals surface area (Å²) < 4.78 is 0. The Morgan fingerprint density at radius 1 is 1.31 bits per heavy atom. The highest BCUT2D eigenvalue weighted by atomic mass is 35.5. The molecule has 0 unspecified atom stereocenters. The predicted molar refractivity (Wildman–Crippen MR) is 101 cm³/mol. The third kappa shape index (κ3) is 4.30. The van der Waals surface area contributed by atoms with Crippen LogP contribution in [0.2, 0.25) is 5.02 Å². The second-order valence-electron chi connectivity index (χ2n) is 7.37. The van der Waals surface area contributed by atoms with Gasteiger partial charge in [-0.3, -0.25) is 9.69 Å². The summed E-state index contributed by atoms with van der Waals surface area (Å²) in [6.45, 7) is 3.30. The van der Waals surface area contributed by atoms with E-state index in [1.54, 1.807) is 0 Å². The molecule has 3 N–H and O–H groups in total. The molecule has 0 radical (unpaired) electrons. The van der Waals surface area contributed by atoms with Gasteiger partial charge in [-0.25, -0.2) is 4.79 Å². The zero-order valence-electron chi connectivity index (χ0n) is 15.0. The van der Waals surface area contributed by atoms with Crippen LogP contribution < -0.4 is 10.6 Å². The summed E-state index contributed by atoms with van der Waals surface area (Å²) in [5.41, 5.74) is 1.08. The molecule has 0 atom stereocenters. The van der Waals surface area contributed by atoms with E-state index >= 15 is 0 Å². The molecule has 0 spiro atoms. The number of halogens is 1. The number of amides is 2. The van der Waals surface area contributed by atoms with Crippen molar-refractivity contribution in [3.63, 3.8) is 0 Å². The highest BCUT2D eigenvalue weighted by molar-refractivity contribution is 6.31. The molecule has 0 aliphatic heterocycles. The lowest BCUT2D eigenvalue weighted by Gasteiger charge is -2.42. The van der Waals surface area contributed by atoms with Crippen molar-refractivity contribution in [2.45, 2.75) is 50.1 Å². The highest BCUT2D eigenvalue weighted by Gasteiger charge is 2.45.